The fourth-order valence-electron chi connectivity index (χ4n) is 3.76. The first-order valence-corrected chi connectivity index (χ1v) is 9.28. The number of nitrogens with zero attached hydrogens (tertiary/aromatic N) is 3. The summed E-state index contributed by atoms with van der Waals surface area (Å²) in [6, 6.07) is 1.70. The summed E-state index contributed by atoms with van der Waals surface area (Å²) in [5.41, 5.74) is 6.00. The fourth-order valence-corrected chi connectivity index (χ4v) is 4.26. The van der Waals surface area contributed by atoms with Crippen LogP contribution in [0.2, 0.25) is 10.0 Å². The van der Waals surface area contributed by atoms with E-state index in [9.17, 15) is 4.79 Å². The van der Waals surface area contributed by atoms with Crippen LogP contribution in [0.5, 0.6) is 0 Å². The van der Waals surface area contributed by atoms with Crippen molar-refractivity contribution in [3.05, 3.63) is 22.3 Å². The number of hydrogen-bond donors (Lipinski definition) is 1. The van der Waals surface area contributed by atoms with Crippen LogP contribution in [0, 0.1) is 5.92 Å². The van der Waals surface area contributed by atoms with E-state index in [-0.39, 0.29) is 42.2 Å². The smallest absolute Gasteiger partial charge is 0.227 e. The van der Waals surface area contributed by atoms with Crippen LogP contribution in [-0.2, 0) is 4.79 Å². The fraction of sp³-hybridized carbons (Fsp3) is 0.647. The van der Waals surface area contributed by atoms with E-state index >= 15 is 0 Å². The summed E-state index contributed by atoms with van der Waals surface area (Å²) in [5.74, 6) is 0.874. The summed E-state index contributed by atoms with van der Waals surface area (Å²) >= 11 is 12.1. The molecule has 1 aliphatic heterocycles. The zero-order chi connectivity index (χ0) is 17.3. The average molecular weight is 444 g/mol. The molecule has 2 aliphatic rings. The maximum absolute atomic E-state index is 12.9. The lowest BCUT2D eigenvalue weighted by atomic mass is 9.74. The minimum atomic E-state index is -0.381. The van der Waals surface area contributed by atoms with E-state index in [1.807, 2.05) is 11.8 Å². The summed E-state index contributed by atoms with van der Waals surface area (Å²) in [4.78, 5) is 21.3. The number of aromatic nitrogens is 1. The molecule has 2 unspecified atom stereocenters. The third-order valence-corrected chi connectivity index (χ3v) is 5.72. The van der Waals surface area contributed by atoms with E-state index in [0.29, 0.717) is 36.2 Å². The van der Waals surface area contributed by atoms with Gasteiger partial charge in [-0.15, -0.1) is 24.8 Å². The second-order valence-electron chi connectivity index (χ2n) is 7.08. The Morgan fingerprint density at radius 3 is 2.46 bits per heavy atom. The first kappa shape index (κ1) is 23.6. The van der Waals surface area contributed by atoms with Crippen molar-refractivity contribution in [2.24, 2.45) is 11.7 Å². The molecule has 148 valence electrons. The standard InChI is InChI=1S/C17H24Cl2N4O.2ClH/c1-17(20)5-3-2-4-13(17)16(24)23-8-6-22(7-9-23)15-14(19)10-12(18)11-21-15;;/h10-11,13H,2-9,20H2,1H3;2*1H. The van der Waals surface area contributed by atoms with Crippen molar-refractivity contribution in [1.29, 1.82) is 0 Å². The molecule has 0 spiro atoms. The van der Waals surface area contributed by atoms with Gasteiger partial charge in [-0.2, -0.15) is 0 Å². The molecular weight excluding hydrogens is 418 g/mol. The van der Waals surface area contributed by atoms with Crippen molar-refractivity contribution < 1.29 is 4.79 Å². The highest BCUT2D eigenvalue weighted by Gasteiger charge is 2.40. The van der Waals surface area contributed by atoms with E-state index in [4.69, 9.17) is 28.9 Å². The molecule has 2 N–H and O–H groups in total. The first-order chi connectivity index (χ1) is 11.4. The molecule has 0 aromatic carbocycles. The SMILES string of the molecule is CC1(N)CCCCC1C(=O)N1CCN(c2ncc(Cl)cc2Cl)CC1.Cl.Cl. The highest BCUT2D eigenvalue weighted by Crippen LogP contribution is 2.33. The Bertz CT molecular complexity index is 621. The maximum Gasteiger partial charge on any atom is 0.227 e. The summed E-state index contributed by atoms with van der Waals surface area (Å²) in [7, 11) is 0. The first-order valence-electron chi connectivity index (χ1n) is 8.52. The predicted octanol–water partition coefficient (Wildman–Crippen LogP) is 3.79. The molecule has 3 rings (SSSR count). The largest absolute Gasteiger partial charge is 0.352 e. The van der Waals surface area contributed by atoms with Gasteiger partial charge in [0.15, 0.2) is 0 Å². The third-order valence-electron chi connectivity index (χ3n) is 5.23. The number of pyridine rings is 1. The Hall–Kier alpha value is -0.460. The molecule has 2 fully saturated rings. The second kappa shape index (κ2) is 9.65. The van der Waals surface area contributed by atoms with Gasteiger partial charge in [0.1, 0.15) is 5.82 Å². The molecule has 1 aliphatic carbocycles. The highest BCUT2D eigenvalue weighted by atomic mass is 35.5. The molecule has 1 aromatic rings. The molecule has 1 amide bonds. The van der Waals surface area contributed by atoms with Crippen molar-refractivity contribution in [2.45, 2.75) is 38.1 Å². The monoisotopic (exact) mass is 442 g/mol. The summed E-state index contributed by atoms with van der Waals surface area (Å²) < 4.78 is 0. The van der Waals surface area contributed by atoms with Crippen LogP contribution >= 0.6 is 48.0 Å². The van der Waals surface area contributed by atoms with Crippen molar-refractivity contribution in [2.75, 3.05) is 31.1 Å². The van der Waals surface area contributed by atoms with E-state index in [2.05, 4.69) is 9.88 Å². The lowest BCUT2D eigenvalue weighted by Crippen LogP contribution is -2.57. The van der Waals surface area contributed by atoms with Gasteiger partial charge in [-0.3, -0.25) is 4.79 Å². The Labute approximate surface area is 177 Å². The zero-order valence-electron chi connectivity index (χ0n) is 14.8. The number of amides is 1. The van der Waals surface area contributed by atoms with Crippen LogP contribution in [0.1, 0.15) is 32.6 Å². The number of carbonyl (C=O) groups is 1. The Morgan fingerprint density at radius 2 is 1.88 bits per heavy atom. The topological polar surface area (TPSA) is 62.5 Å². The number of hydrogen-bond acceptors (Lipinski definition) is 4. The molecule has 0 radical (unpaired) electrons. The minimum Gasteiger partial charge on any atom is -0.352 e. The van der Waals surface area contributed by atoms with Crippen LogP contribution in [0.4, 0.5) is 5.82 Å². The highest BCUT2D eigenvalue weighted by molar-refractivity contribution is 6.36. The van der Waals surface area contributed by atoms with Gasteiger partial charge in [-0.25, -0.2) is 4.98 Å². The Balaban J connectivity index is 0.00000169. The van der Waals surface area contributed by atoms with Gasteiger partial charge < -0.3 is 15.5 Å². The normalized spacial score (nSPS) is 25.9. The van der Waals surface area contributed by atoms with Crippen molar-refractivity contribution in [3.8, 4) is 0 Å². The van der Waals surface area contributed by atoms with Crippen molar-refractivity contribution in [1.82, 2.24) is 9.88 Å². The lowest BCUT2D eigenvalue weighted by molar-refractivity contribution is -0.139. The molecule has 26 heavy (non-hydrogen) atoms. The van der Waals surface area contributed by atoms with Gasteiger partial charge in [0.25, 0.3) is 0 Å². The summed E-state index contributed by atoms with van der Waals surface area (Å²) in [6.07, 6.45) is 5.63. The molecule has 0 bridgehead atoms. The predicted molar refractivity (Wildman–Crippen MR) is 112 cm³/mol. The maximum atomic E-state index is 12.9. The van der Waals surface area contributed by atoms with Crippen LogP contribution in [0.3, 0.4) is 0 Å². The third kappa shape index (κ3) is 5.08. The Kier molecular flexibility index (Phi) is 8.75. The number of nitrogens with two attached hydrogens (primary N) is 1. The van der Waals surface area contributed by atoms with Crippen LogP contribution < -0.4 is 10.6 Å². The summed E-state index contributed by atoms with van der Waals surface area (Å²) in [5, 5.41) is 1.07. The van der Waals surface area contributed by atoms with E-state index in [1.165, 1.54) is 0 Å². The lowest BCUT2D eigenvalue weighted by Gasteiger charge is -2.42. The molecule has 1 saturated carbocycles. The number of halogens is 4. The van der Waals surface area contributed by atoms with Gasteiger partial charge in [0, 0.05) is 37.9 Å². The average Bonchev–Trinajstić information content (AvgIpc) is 2.54. The summed E-state index contributed by atoms with van der Waals surface area (Å²) in [6.45, 7) is 4.79. The van der Waals surface area contributed by atoms with Crippen LogP contribution in [-0.4, -0.2) is 47.5 Å². The van der Waals surface area contributed by atoms with Crippen molar-refractivity contribution in [3.63, 3.8) is 0 Å². The van der Waals surface area contributed by atoms with E-state index in [1.54, 1.807) is 12.3 Å². The number of rotatable bonds is 2. The van der Waals surface area contributed by atoms with Gasteiger partial charge in [0.2, 0.25) is 5.91 Å². The van der Waals surface area contributed by atoms with E-state index < -0.39 is 0 Å². The number of carbonyl (C=O) groups excluding carboxylic acids is 1. The molecular formula is C17H26Cl4N4O. The quantitative estimate of drug-likeness (QED) is 0.755. The Morgan fingerprint density at radius 1 is 1.23 bits per heavy atom. The van der Waals surface area contributed by atoms with Crippen LogP contribution in [0.15, 0.2) is 12.3 Å². The molecule has 2 atom stereocenters. The van der Waals surface area contributed by atoms with E-state index in [0.717, 1.165) is 31.5 Å². The van der Waals surface area contributed by atoms with Gasteiger partial charge in [0.05, 0.1) is 16.0 Å². The molecule has 1 saturated heterocycles. The zero-order valence-corrected chi connectivity index (χ0v) is 17.9. The minimum absolute atomic E-state index is 0. The van der Waals surface area contributed by atoms with Gasteiger partial charge >= 0.3 is 0 Å². The van der Waals surface area contributed by atoms with Crippen LogP contribution in [0.25, 0.3) is 0 Å². The second-order valence-corrected chi connectivity index (χ2v) is 7.92. The number of anilines is 1. The number of piperazine rings is 1. The molecule has 2 heterocycles. The van der Waals surface area contributed by atoms with Gasteiger partial charge in [-0.05, 0) is 25.8 Å². The molecule has 9 heteroatoms. The molecule has 1 aromatic heterocycles. The van der Waals surface area contributed by atoms with Crippen molar-refractivity contribution >= 4 is 59.7 Å². The molecule has 5 nitrogen and oxygen atoms in total. The van der Waals surface area contributed by atoms with Gasteiger partial charge in [-0.1, -0.05) is 36.0 Å².